The molecule has 3 atom stereocenters. The van der Waals surface area contributed by atoms with E-state index in [0.29, 0.717) is 18.0 Å². The number of fused-ring (bicyclic) bond motifs is 1. The number of rotatable bonds is 2. The van der Waals surface area contributed by atoms with Crippen LogP contribution in [-0.4, -0.2) is 18.2 Å². The molecular weight excluding hydrogens is 246 g/mol. The van der Waals surface area contributed by atoms with Crippen LogP contribution in [0.1, 0.15) is 69.5 Å². The van der Waals surface area contributed by atoms with Crippen LogP contribution in [0.4, 0.5) is 0 Å². The first kappa shape index (κ1) is 14.1. The Labute approximate surface area is 122 Å². The molecule has 3 rings (SSSR count). The Morgan fingerprint density at radius 3 is 2.60 bits per heavy atom. The van der Waals surface area contributed by atoms with E-state index in [-0.39, 0.29) is 5.60 Å². The van der Waals surface area contributed by atoms with Gasteiger partial charge in [-0.15, -0.1) is 0 Å². The maximum absolute atomic E-state index is 5.83. The third-order valence-corrected chi connectivity index (χ3v) is 4.92. The molecular formula is C18H27NO. The lowest BCUT2D eigenvalue weighted by atomic mass is 9.80. The van der Waals surface area contributed by atoms with Gasteiger partial charge in [-0.3, -0.25) is 0 Å². The Morgan fingerprint density at radius 2 is 1.85 bits per heavy atom. The molecule has 0 spiro atoms. The normalized spacial score (nSPS) is 32.6. The number of benzene rings is 1. The summed E-state index contributed by atoms with van der Waals surface area (Å²) in [5.41, 5.74) is 3.09. The SMILES string of the molecule is CC1CCC(NC2CCOC(C)(C)C2)c2ccccc21. The van der Waals surface area contributed by atoms with Crippen molar-refractivity contribution < 1.29 is 4.74 Å². The summed E-state index contributed by atoms with van der Waals surface area (Å²) in [7, 11) is 0. The van der Waals surface area contributed by atoms with Crippen molar-refractivity contribution in [3.63, 3.8) is 0 Å². The molecule has 1 aromatic carbocycles. The van der Waals surface area contributed by atoms with Crippen molar-refractivity contribution in [3.8, 4) is 0 Å². The van der Waals surface area contributed by atoms with Crippen LogP contribution in [0.5, 0.6) is 0 Å². The molecule has 0 saturated carbocycles. The molecule has 0 radical (unpaired) electrons. The van der Waals surface area contributed by atoms with Gasteiger partial charge in [0.05, 0.1) is 5.60 Å². The van der Waals surface area contributed by atoms with Crippen LogP contribution < -0.4 is 5.32 Å². The first-order valence-electron chi connectivity index (χ1n) is 8.04. The van der Waals surface area contributed by atoms with Gasteiger partial charge < -0.3 is 10.1 Å². The highest BCUT2D eigenvalue weighted by Crippen LogP contribution is 2.38. The molecule has 0 bridgehead atoms. The number of ether oxygens (including phenoxy) is 1. The molecule has 1 aliphatic carbocycles. The van der Waals surface area contributed by atoms with Crippen molar-refractivity contribution in [1.29, 1.82) is 0 Å². The summed E-state index contributed by atoms with van der Waals surface area (Å²) in [6.45, 7) is 7.65. The largest absolute Gasteiger partial charge is 0.375 e. The van der Waals surface area contributed by atoms with Crippen molar-refractivity contribution in [2.24, 2.45) is 0 Å². The Bertz CT molecular complexity index is 468. The van der Waals surface area contributed by atoms with E-state index in [1.165, 1.54) is 18.4 Å². The second kappa shape index (κ2) is 5.50. The van der Waals surface area contributed by atoms with Crippen molar-refractivity contribution in [2.75, 3.05) is 6.61 Å². The number of nitrogens with one attached hydrogen (secondary N) is 1. The summed E-state index contributed by atoms with van der Waals surface area (Å²) < 4.78 is 5.83. The molecule has 1 aromatic rings. The summed E-state index contributed by atoms with van der Waals surface area (Å²) in [4.78, 5) is 0. The summed E-state index contributed by atoms with van der Waals surface area (Å²) in [6.07, 6.45) is 4.80. The van der Waals surface area contributed by atoms with E-state index < -0.39 is 0 Å². The molecule has 2 aliphatic rings. The van der Waals surface area contributed by atoms with Gasteiger partial charge in [-0.1, -0.05) is 31.2 Å². The third-order valence-electron chi connectivity index (χ3n) is 4.92. The van der Waals surface area contributed by atoms with Crippen LogP contribution in [0, 0.1) is 0 Å². The number of hydrogen-bond donors (Lipinski definition) is 1. The van der Waals surface area contributed by atoms with E-state index >= 15 is 0 Å². The Hall–Kier alpha value is -0.860. The maximum Gasteiger partial charge on any atom is 0.0641 e. The molecule has 0 aromatic heterocycles. The van der Waals surface area contributed by atoms with E-state index in [4.69, 9.17) is 4.74 Å². The zero-order valence-electron chi connectivity index (χ0n) is 13.0. The van der Waals surface area contributed by atoms with E-state index in [1.54, 1.807) is 5.56 Å². The van der Waals surface area contributed by atoms with Gasteiger partial charge in [0.2, 0.25) is 0 Å². The highest BCUT2D eigenvalue weighted by molar-refractivity contribution is 5.35. The van der Waals surface area contributed by atoms with Crippen LogP contribution in [0.25, 0.3) is 0 Å². The van der Waals surface area contributed by atoms with Gasteiger partial charge in [-0.05, 0) is 56.6 Å². The Balaban J connectivity index is 1.74. The molecule has 2 nitrogen and oxygen atoms in total. The van der Waals surface area contributed by atoms with E-state index in [1.807, 2.05) is 0 Å². The van der Waals surface area contributed by atoms with Gasteiger partial charge in [0.1, 0.15) is 0 Å². The fourth-order valence-corrected chi connectivity index (χ4v) is 3.84. The zero-order valence-corrected chi connectivity index (χ0v) is 13.0. The maximum atomic E-state index is 5.83. The Kier molecular flexibility index (Phi) is 3.87. The summed E-state index contributed by atoms with van der Waals surface area (Å²) in [6, 6.07) is 10.1. The van der Waals surface area contributed by atoms with Gasteiger partial charge >= 0.3 is 0 Å². The van der Waals surface area contributed by atoms with Crippen LogP contribution in [-0.2, 0) is 4.74 Å². The fraction of sp³-hybridized carbons (Fsp3) is 0.667. The molecule has 1 N–H and O–H groups in total. The van der Waals surface area contributed by atoms with E-state index in [2.05, 4.69) is 50.4 Å². The van der Waals surface area contributed by atoms with Crippen molar-refractivity contribution >= 4 is 0 Å². The average Bonchev–Trinajstić information content (AvgIpc) is 2.41. The topological polar surface area (TPSA) is 21.3 Å². The highest BCUT2D eigenvalue weighted by Gasteiger charge is 2.32. The first-order valence-corrected chi connectivity index (χ1v) is 8.04. The zero-order chi connectivity index (χ0) is 14.2. The lowest BCUT2D eigenvalue weighted by molar-refractivity contribution is -0.0644. The quantitative estimate of drug-likeness (QED) is 0.873. The minimum absolute atomic E-state index is 0.0252. The second-order valence-corrected chi connectivity index (χ2v) is 7.12. The molecule has 0 amide bonds. The summed E-state index contributed by atoms with van der Waals surface area (Å²) in [5, 5.41) is 3.91. The predicted octanol–water partition coefficient (Wildman–Crippen LogP) is 4.17. The van der Waals surface area contributed by atoms with E-state index in [9.17, 15) is 0 Å². The minimum Gasteiger partial charge on any atom is -0.375 e. The standard InChI is InChI=1S/C18H27NO/c1-13-8-9-17(16-7-5-4-6-15(13)16)19-14-10-11-20-18(2,3)12-14/h4-7,13-14,17,19H,8-12H2,1-3H3. The van der Waals surface area contributed by atoms with Crippen LogP contribution in [0.3, 0.4) is 0 Å². The monoisotopic (exact) mass is 273 g/mol. The minimum atomic E-state index is 0.0252. The van der Waals surface area contributed by atoms with Crippen LogP contribution in [0.2, 0.25) is 0 Å². The molecule has 2 heteroatoms. The van der Waals surface area contributed by atoms with Gasteiger partial charge in [-0.25, -0.2) is 0 Å². The molecule has 1 heterocycles. The smallest absolute Gasteiger partial charge is 0.0641 e. The van der Waals surface area contributed by atoms with Crippen LogP contribution >= 0.6 is 0 Å². The van der Waals surface area contributed by atoms with Crippen molar-refractivity contribution in [1.82, 2.24) is 5.32 Å². The molecule has 1 aliphatic heterocycles. The molecule has 20 heavy (non-hydrogen) atoms. The lowest BCUT2D eigenvalue weighted by Crippen LogP contribution is -2.45. The van der Waals surface area contributed by atoms with E-state index in [0.717, 1.165) is 19.4 Å². The van der Waals surface area contributed by atoms with Gasteiger partial charge in [0, 0.05) is 18.7 Å². The fourth-order valence-electron chi connectivity index (χ4n) is 3.84. The van der Waals surface area contributed by atoms with Crippen LogP contribution in [0.15, 0.2) is 24.3 Å². The van der Waals surface area contributed by atoms with Gasteiger partial charge in [0.25, 0.3) is 0 Å². The Morgan fingerprint density at radius 1 is 1.10 bits per heavy atom. The predicted molar refractivity (Wildman–Crippen MR) is 83.0 cm³/mol. The highest BCUT2D eigenvalue weighted by atomic mass is 16.5. The lowest BCUT2D eigenvalue weighted by Gasteiger charge is -2.39. The molecule has 110 valence electrons. The number of hydrogen-bond acceptors (Lipinski definition) is 2. The van der Waals surface area contributed by atoms with Gasteiger partial charge in [-0.2, -0.15) is 0 Å². The summed E-state index contributed by atoms with van der Waals surface area (Å²) >= 11 is 0. The molecule has 1 fully saturated rings. The average molecular weight is 273 g/mol. The second-order valence-electron chi connectivity index (χ2n) is 7.12. The van der Waals surface area contributed by atoms with Gasteiger partial charge in [0.15, 0.2) is 0 Å². The third kappa shape index (κ3) is 2.91. The van der Waals surface area contributed by atoms with Crippen molar-refractivity contribution in [2.45, 2.75) is 70.1 Å². The summed E-state index contributed by atoms with van der Waals surface area (Å²) in [5.74, 6) is 0.704. The van der Waals surface area contributed by atoms with Crippen molar-refractivity contribution in [3.05, 3.63) is 35.4 Å². The first-order chi connectivity index (χ1) is 9.55. The molecule has 1 saturated heterocycles. The molecule has 3 unspecified atom stereocenters.